The number of para-hydroxylation sites is 2. The largest absolute Gasteiger partial charge is 0.395 e. The number of nitrogens with one attached hydrogen (secondary N) is 1. The van der Waals surface area contributed by atoms with Crippen LogP contribution in [0.15, 0.2) is 48.5 Å². The van der Waals surface area contributed by atoms with Crippen LogP contribution in [-0.2, 0) is 6.54 Å². The second-order valence-corrected chi connectivity index (χ2v) is 5.26. The van der Waals surface area contributed by atoms with Gasteiger partial charge in [0.05, 0.1) is 30.3 Å². The maximum atomic E-state index is 13.3. The highest BCUT2D eigenvalue weighted by molar-refractivity contribution is 5.78. The van der Waals surface area contributed by atoms with Crippen molar-refractivity contribution >= 4 is 17.0 Å². The fourth-order valence-corrected chi connectivity index (χ4v) is 2.56. The summed E-state index contributed by atoms with van der Waals surface area (Å²) in [6, 6.07) is 13.5. The first-order chi connectivity index (χ1) is 11.2. The van der Waals surface area contributed by atoms with E-state index in [0.29, 0.717) is 18.1 Å². The Labute approximate surface area is 133 Å². The molecule has 0 unspecified atom stereocenters. The summed E-state index contributed by atoms with van der Waals surface area (Å²) in [6.45, 7) is 0.576. The molecular weight excluding hydrogens is 297 g/mol. The van der Waals surface area contributed by atoms with E-state index >= 15 is 0 Å². The zero-order valence-corrected chi connectivity index (χ0v) is 12.5. The minimum Gasteiger partial charge on any atom is -0.395 e. The summed E-state index contributed by atoms with van der Waals surface area (Å²) in [7, 11) is 0. The SMILES string of the molecule is OCCNc1nc2ccccc2n1C[C@H](O)c1cccc(F)c1. The Morgan fingerprint density at radius 2 is 2.00 bits per heavy atom. The van der Waals surface area contributed by atoms with Gasteiger partial charge in [-0.05, 0) is 29.8 Å². The van der Waals surface area contributed by atoms with E-state index in [-0.39, 0.29) is 19.0 Å². The van der Waals surface area contributed by atoms with Gasteiger partial charge >= 0.3 is 0 Å². The third kappa shape index (κ3) is 3.33. The molecule has 120 valence electrons. The predicted molar refractivity (Wildman–Crippen MR) is 86.7 cm³/mol. The van der Waals surface area contributed by atoms with Gasteiger partial charge in [-0.2, -0.15) is 0 Å². The smallest absolute Gasteiger partial charge is 0.204 e. The van der Waals surface area contributed by atoms with Gasteiger partial charge in [0.25, 0.3) is 0 Å². The van der Waals surface area contributed by atoms with Gasteiger partial charge in [0, 0.05) is 6.54 Å². The van der Waals surface area contributed by atoms with E-state index < -0.39 is 6.10 Å². The summed E-state index contributed by atoms with van der Waals surface area (Å²) in [5.41, 5.74) is 2.17. The number of imidazole rings is 1. The molecule has 3 rings (SSSR count). The molecular formula is C17H18FN3O2. The topological polar surface area (TPSA) is 70.3 Å². The van der Waals surface area contributed by atoms with Gasteiger partial charge in [0.15, 0.2) is 0 Å². The van der Waals surface area contributed by atoms with Gasteiger partial charge in [0.1, 0.15) is 5.82 Å². The second kappa shape index (κ2) is 6.76. The van der Waals surface area contributed by atoms with Crippen molar-refractivity contribution in [2.45, 2.75) is 12.6 Å². The molecule has 0 saturated heterocycles. The lowest BCUT2D eigenvalue weighted by Gasteiger charge is -2.15. The number of hydrogen-bond donors (Lipinski definition) is 3. The molecule has 1 heterocycles. The lowest BCUT2D eigenvalue weighted by atomic mass is 10.1. The summed E-state index contributed by atoms with van der Waals surface area (Å²) in [4.78, 5) is 4.47. The van der Waals surface area contributed by atoms with Crippen molar-refractivity contribution in [2.24, 2.45) is 0 Å². The van der Waals surface area contributed by atoms with Gasteiger partial charge in [-0.1, -0.05) is 24.3 Å². The molecule has 1 atom stereocenters. The monoisotopic (exact) mass is 315 g/mol. The first-order valence-electron chi connectivity index (χ1n) is 7.42. The average molecular weight is 315 g/mol. The summed E-state index contributed by atoms with van der Waals surface area (Å²) >= 11 is 0. The van der Waals surface area contributed by atoms with Crippen LogP contribution in [0.1, 0.15) is 11.7 Å². The number of hydrogen-bond acceptors (Lipinski definition) is 4. The van der Waals surface area contributed by atoms with Crippen LogP contribution in [-0.4, -0.2) is 32.9 Å². The summed E-state index contributed by atoms with van der Waals surface area (Å²) < 4.78 is 15.2. The number of anilines is 1. The lowest BCUT2D eigenvalue weighted by Crippen LogP contribution is -2.15. The van der Waals surface area contributed by atoms with Crippen molar-refractivity contribution in [3.8, 4) is 0 Å². The molecule has 0 amide bonds. The Kier molecular flexibility index (Phi) is 4.55. The molecule has 0 radical (unpaired) electrons. The van der Waals surface area contributed by atoms with Crippen LogP contribution < -0.4 is 5.32 Å². The fraction of sp³-hybridized carbons (Fsp3) is 0.235. The molecule has 0 bridgehead atoms. The highest BCUT2D eigenvalue weighted by atomic mass is 19.1. The summed E-state index contributed by atoms with van der Waals surface area (Å²) in [5, 5.41) is 22.5. The zero-order chi connectivity index (χ0) is 16.2. The number of nitrogens with zero attached hydrogens (tertiary/aromatic N) is 2. The first-order valence-corrected chi connectivity index (χ1v) is 7.42. The normalized spacial score (nSPS) is 12.5. The first kappa shape index (κ1) is 15.5. The van der Waals surface area contributed by atoms with Crippen molar-refractivity contribution < 1.29 is 14.6 Å². The molecule has 0 fully saturated rings. The van der Waals surface area contributed by atoms with E-state index in [1.54, 1.807) is 12.1 Å². The van der Waals surface area contributed by atoms with E-state index in [1.165, 1.54) is 12.1 Å². The maximum Gasteiger partial charge on any atom is 0.204 e. The molecule has 1 aromatic heterocycles. The van der Waals surface area contributed by atoms with E-state index in [9.17, 15) is 9.50 Å². The number of benzene rings is 2. The van der Waals surface area contributed by atoms with E-state index in [4.69, 9.17) is 5.11 Å². The van der Waals surface area contributed by atoms with Crippen LogP contribution in [0.25, 0.3) is 11.0 Å². The molecule has 0 saturated carbocycles. The number of aliphatic hydroxyl groups is 2. The van der Waals surface area contributed by atoms with Gasteiger partial charge in [-0.3, -0.25) is 0 Å². The van der Waals surface area contributed by atoms with Crippen LogP contribution in [0.2, 0.25) is 0 Å². The number of aliphatic hydroxyl groups excluding tert-OH is 2. The molecule has 5 nitrogen and oxygen atoms in total. The Bertz CT molecular complexity index is 803. The Morgan fingerprint density at radius 3 is 2.78 bits per heavy atom. The van der Waals surface area contributed by atoms with Crippen LogP contribution in [0.4, 0.5) is 10.3 Å². The average Bonchev–Trinajstić information content (AvgIpc) is 2.90. The number of rotatable bonds is 6. The molecule has 2 aromatic carbocycles. The fourth-order valence-electron chi connectivity index (χ4n) is 2.56. The summed E-state index contributed by atoms with van der Waals surface area (Å²) in [6.07, 6.45) is -0.863. The van der Waals surface area contributed by atoms with Gasteiger partial charge in [-0.15, -0.1) is 0 Å². The quantitative estimate of drug-likeness (QED) is 0.653. The van der Waals surface area contributed by atoms with Crippen molar-refractivity contribution in [1.29, 1.82) is 0 Å². The third-order valence-corrected chi connectivity index (χ3v) is 3.64. The number of aromatic nitrogens is 2. The minimum absolute atomic E-state index is 0.0182. The Morgan fingerprint density at radius 1 is 1.17 bits per heavy atom. The van der Waals surface area contributed by atoms with Gasteiger partial charge in [0.2, 0.25) is 5.95 Å². The zero-order valence-electron chi connectivity index (χ0n) is 12.5. The predicted octanol–water partition coefficient (Wildman–Crippen LogP) is 2.31. The van der Waals surface area contributed by atoms with Crippen molar-refractivity contribution in [3.05, 3.63) is 59.9 Å². The lowest BCUT2D eigenvalue weighted by molar-refractivity contribution is 0.158. The molecule has 0 aliphatic rings. The molecule has 23 heavy (non-hydrogen) atoms. The molecule has 6 heteroatoms. The van der Waals surface area contributed by atoms with Crippen LogP contribution in [0.5, 0.6) is 0 Å². The third-order valence-electron chi connectivity index (χ3n) is 3.64. The Hall–Kier alpha value is -2.44. The highest BCUT2D eigenvalue weighted by Gasteiger charge is 2.15. The van der Waals surface area contributed by atoms with Gasteiger partial charge in [-0.25, -0.2) is 9.37 Å². The van der Waals surface area contributed by atoms with Gasteiger partial charge < -0.3 is 20.1 Å². The van der Waals surface area contributed by atoms with E-state index in [0.717, 1.165) is 11.0 Å². The minimum atomic E-state index is -0.863. The number of halogens is 1. The van der Waals surface area contributed by atoms with Crippen molar-refractivity contribution in [2.75, 3.05) is 18.5 Å². The molecule has 0 spiro atoms. The van der Waals surface area contributed by atoms with Crippen molar-refractivity contribution in [1.82, 2.24) is 9.55 Å². The number of fused-ring (bicyclic) bond motifs is 1. The second-order valence-electron chi connectivity index (χ2n) is 5.26. The highest BCUT2D eigenvalue weighted by Crippen LogP contribution is 2.24. The van der Waals surface area contributed by atoms with Crippen LogP contribution in [0, 0.1) is 5.82 Å². The molecule has 3 aromatic rings. The van der Waals surface area contributed by atoms with Crippen LogP contribution >= 0.6 is 0 Å². The maximum absolute atomic E-state index is 13.3. The molecule has 3 N–H and O–H groups in total. The van der Waals surface area contributed by atoms with E-state index in [2.05, 4.69) is 10.3 Å². The van der Waals surface area contributed by atoms with E-state index in [1.807, 2.05) is 28.8 Å². The molecule has 0 aliphatic heterocycles. The molecule has 0 aliphatic carbocycles. The summed E-state index contributed by atoms with van der Waals surface area (Å²) in [5.74, 6) is 0.186. The Balaban J connectivity index is 1.94. The standard InChI is InChI=1S/C17H18FN3O2/c18-13-5-3-4-12(10-13)16(23)11-21-15-7-2-1-6-14(15)20-17(21)19-8-9-22/h1-7,10,16,22-23H,8-9,11H2,(H,19,20)/t16-/m0/s1. The van der Waals surface area contributed by atoms with Crippen LogP contribution in [0.3, 0.4) is 0 Å². The van der Waals surface area contributed by atoms with Crippen molar-refractivity contribution in [3.63, 3.8) is 0 Å².